The lowest BCUT2D eigenvalue weighted by Crippen LogP contribution is -2.45. The molecule has 0 bridgehead atoms. The van der Waals surface area contributed by atoms with Crippen LogP contribution in [-0.2, 0) is 6.42 Å². The number of rotatable bonds is 7. The highest BCUT2D eigenvalue weighted by atomic mass is 16.3. The molecule has 2 unspecified atom stereocenters. The van der Waals surface area contributed by atoms with Gasteiger partial charge in [-0.2, -0.15) is 0 Å². The second kappa shape index (κ2) is 8.40. The van der Waals surface area contributed by atoms with Crippen LogP contribution in [0.5, 0.6) is 0 Å². The van der Waals surface area contributed by atoms with Gasteiger partial charge < -0.3 is 15.7 Å². The first kappa shape index (κ1) is 15.5. The Bertz CT molecular complexity index is 363. The molecule has 0 saturated carbocycles. The second-order valence-corrected chi connectivity index (χ2v) is 6.02. The minimum atomic E-state index is 0.149. The lowest BCUT2D eigenvalue weighted by molar-refractivity contribution is 0.224. The molecule has 1 heterocycles. The van der Waals surface area contributed by atoms with E-state index in [1.807, 2.05) is 6.07 Å². The highest BCUT2D eigenvalue weighted by molar-refractivity contribution is 5.15. The minimum Gasteiger partial charge on any atom is -0.395 e. The van der Waals surface area contributed by atoms with Crippen LogP contribution in [0.15, 0.2) is 30.3 Å². The van der Waals surface area contributed by atoms with E-state index >= 15 is 0 Å². The van der Waals surface area contributed by atoms with Gasteiger partial charge in [-0.05, 0) is 44.7 Å². The summed E-state index contributed by atoms with van der Waals surface area (Å²) in [5.74, 6) is 0. The van der Waals surface area contributed by atoms with Crippen LogP contribution in [-0.4, -0.2) is 36.4 Å². The molecule has 0 spiro atoms. The van der Waals surface area contributed by atoms with Gasteiger partial charge in [-0.3, -0.25) is 0 Å². The van der Waals surface area contributed by atoms with E-state index in [0.717, 1.165) is 19.4 Å². The molecule has 3 atom stereocenters. The summed E-state index contributed by atoms with van der Waals surface area (Å²) >= 11 is 0. The molecule has 2 rings (SSSR count). The third kappa shape index (κ3) is 5.23. The fourth-order valence-electron chi connectivity index (χ4n) is 3.10. The lowest BCUT2D eigenvalue weighted by atomic mass is 9.98. The zero-order valence-electron chi connectivity index (χ0n) is 12.5. The van der Waals surface area contributed by atoms with Gasteiger partial charge in [0, 0.05) is 18.1 Å². The van der Waals surface area contributed by atoms with Gasteiger partial charge >= 0.3 is 0 Å². The fraction of sp³-hybridized carbons (Fsp3) is 0.647. The Morgan fingerprint density at radius 2 is 2.10 bits per heavy atom. The molecular formula is C17H28N2O. The minimum absolute atomic E-state index is 0.149. The number of piperidine rings is 1. The first-order valence-electron chi connectivity index (χ1n) is 7.92. The Kier molecular flexibility index (Phi) is 6.51. The van der Waals surface area contributed by atoms with Crippen molar-refractivity contribution in [3.8, 4) is 0 Å². The molecule has 1 fully saturated rings. The zero-order valence-corrected chi connectivity index (χ0v) is 12.5. The normalized spacial score (nSPS) is 22.4. The third-order valence-electron chi connectivity index (χ3n) is 4.12. The summed E-state index contributed by atoms with van der Waals surface area (Å²) in [6.45, 7) is 3.58. The number of aliphatic hydroxyl groups is 1. The van der Waals surface area contributed by atoms with Gasteiger partial charge in [-0.15, -0.1) is 0 Å². The number of hydrogen-bond acceptors (Lipinski definition) is 3. The lowest BCUT2D eigenvalue weighted by Gasteiger charge is -2.28. The molecule has 1 aromatic carbocycles. The van der Waals surface area contributed by atoms with E-state index in [4.69, 9.17) is 0 Å². The average molecular weight is 276 g/mol. The zero-order chi connectivity index (χ0) is 14.2. The van der Waals surface area contributed by atoms with Gasteiger partial charge in [-0.25, -0.2) is 0 Å². The van der Waals surface area contributed by atoms with E-state index < -0.39 is 0 Å². The molecule has 20 heavy (non-hydrogen) atoms. The first-order chi connectivity index (χ1) is 9.78. The van der Waals surface area contributed by atoms with Crippen LogP contribution in [0.1, 0.15) is 38.2 Å². The fourth-order valence-corrected chi connectivity index (χ4v) is 3.10. The summed E-state index contributed by atoms with van der Waals surface area (Å²) in [4.78, 5) is 0. The standard InChI is InChI=1S/C17H28N2O/c1-14(11-16-9-5-6-10-18-16)19-17(13-20)12-15-7-3-2-4-8-15/h2-4,7-8,14,16-20H,5-6,9-13H2,1H3/t14?,16?,17-/m0/s1. The monoisotopic (exact) mass is 276 g/mol. The van der Waals surface area contributed by atoms with Crippen LogP contribution in [0.25, 0.3) is 0 Å². The average Bonchev–Trinajstić information content (AvgIpc) is 2.48. The highest BCUT2D eigenvalue weighted by Crippen LogP contribution is 2.12. The summed E-state index contributed by atoms with van der Waals surface area (Å²) in [6, 6.07) is 11.6. The topological polar surface area (TPSA) is 44.3 Å². The van der Waals surface area contributed by atoms with Crippen molar-refractivity contribution in [2.75, 3.05) is 13.2 Å². The Labute approximate surface area is 122 Å². The molecule has 0 amide bonds. The van der Waals surface area contributed by atoms with Crippen molar-refractivity contribution < 1.29 is 5.11 Å². The maximum atomic E-state index is 9.56. The Morgan fingerprint density at radius 3 is 2.75 bits per heavy atom. The van der Waals surface area contributed by atoms with Gasteiger partial charge in [0.25, 0.3) is 0 Å². The van der Waals surface area contributed by atoms with Crippen molar-refractivity contribution in [2.24, 2.45) is 0 Å². The van der Waals surface area contributed by atoms with Gasteiger partial charge in [0.2, 0.25) is 0 Å². The SMILES string of the molecule is CC(CC1CCCCN1)N[C@H](CO)Cc1ccccc1. The summed E-state index contributed by atoms with van der Waals surface area (Å²) in [5.41, 5.74) is 1.28. The second-order valence-electron chi connectivity index (χ2n) is 6.02. The Balaban J connectivity index is 1.76. The van der Waals surface area contributed by atoms with Gasteiger partial charge in [-0.1, -0.05) is 36.8 Å². The molecule has 112 valence electrons. The highest BCUT2D eigenvalue weighted by Gasteiger charge is 2.18. The molecule has 3 nitrogen and oxygen atoms in total. The largest absolute Gasteiger partial charge is 0.395 e. The van der Waals surface area contributed by atoms with Crippen molar-refractivity contribution in [3.63, 3.8) is 0 Å². The van der Waals surface area contributed by atoms with E-state index in [9.17, 15) is 5.11 Å². The van der Waals surface area contributed by atoms with E-state index in [1.165, 1.54) is 24.8 Å². The molecule has 0 aliphatic carbocycles. The van der Waals surface area contributed by atoms with Gasteiger partial charge in [0.1, 0.15) is 0 Å². The summed E-state index contributed by atoms with van der Waals surface area (Å²) < 4.78 is 0. The molecule has 1 saturated heterocycles. The molecule has 0 aromatic heterocycles. The first-order valence-corrected chi connectivity index (χ1v) is 7.92. The van der Waals surface area contributed by atoms with Crippen molar-refractivity contribution in [3.05, 3.63) is 35.9 Å². The predicted octanol–water partition coefficient (Wildman–Crippen LogP) is 2.10. The van der Waals surface area contributed by atoms with Crippen LogP contribution >= 0.6 is 0 Å². The quantitative estimate of drug-likeness (QED) is 0.714. The Hall–Kier alpha value is -0.900. The maximum Gasteiger partial charge on any atom is 0.0587 e. The number of nitrogens with one attached hydrogen (secondary N) is 2. The molecule has 1 aromatic rings. The smallest absolute Gasteiger partial charge is 0.0587 e. The van der Waals surface area contributed by atoms with Crippen LogP contribution < -0.4 is 10.6 Å². The number of hydrogen-bond donors (Lipinski definition) is 3. The van der Waals surface area contributed by atoms with Crippen LogP contribution in [0.3, 0.4) is 0 Å². The Morgan fingerprint density at radius 1 is 1.30 bits per heavy atom. The van der Waals surface area contributed by atoms with Crippen molar-refractivity contribution >= 4 is 0 Å². The summed E-state index contributed by atoms with van der Waals surface area (Å²) in [7, 11) is 0. The molecule has 3 N–H and O–H groups in total. The molecule has 1 aliphatic heterocycles. The number of benzene rings is 1. The van der Waals surface area contributed by atoms with E-state index in [0.29, 0.717) is 12.1 Å². The number of aliphatic hydroxyl groups excluding tert-OH is 1. The maximum absolute atomic E-state index is 9.56. The van der Waals surface area contributed by atoms with Crippen LogP contribution in [0, 0.1) is 0 Å². The van der Waals surface area contributed by atoms with Crippen molar-refractivity contribution in [2.45, 2.75) is 57.2 Å². The molecule has 1 aliphatic rings. The van der Waals surface area contributed by atoms with Gasteiger partial charge in [0.05, 0.1) is 6.61 Å². The predicted molar refractivity (Wildman–Crippen MR) is 83.9 cm³/mol. The summed E-state index contributed by atoms with van der Waals surface area (Å²) in [6.07, 6.45) is 5.98. The summed E-state index contributed by atoms with van der Waals surface area (Å²) in [5, 5.41) is 16.7. The van der Waals surface area contributed by atoms with E-state index in [2.05, 4.69) is 41.8 Å². The molecule has 0 radical (unpaired) electrons. The van der Waals surface area contributed by atoms with Crippen molar-refractivity contribution in [1.29, 1.82) is 0 Å². The van der Waals surface area contributed by atoms with E-state index in [1.54, 1.807) is 0 Å². The van der Waals surface area contributed by atoms with Crippen LogP contribution in [0.2, 0.25) is 0 Å². The van der Waals surface area contributed by atoms with Crippen molar-refractivity contribution in [1.82, 2.24) is 10.6 Å². The molecular weight excluding hydrogens is 248 g/mol. The third-order valence-corrected chi connectivity index (χ3v) is 4.12. The van der Waals surface area contributed by atoms with E-state index in [-0.39, 0.29) is 12.6 Å². The van der Waals surface area contributed by atoms with Crippen LogP contribution in [0.4, 0.5) is 0 Å². The van der Waals surface area contributed by atoms with Gasteiger partial charge in [0.15, 0.2) is 0 Å². The molecule has 3 heteroatoms.